The molecule has 1 aliphatic heterocycles. The number of amides is 1. The molecule has 0 radical (unpaired) electrons. The number of anilines is 1. The first-order valence-electron chi connectivity index (χ1n) is 6.77. The zero-order chi connectivity index (χ0) is 16.6. The van der Waals surface area contributed by atoms with Gasteiger partial charge in [-0.3, -0.25) is 4.79 Å². The van der Waals surface area contributed by atoms with Crippen LogP contribution in [-0.4, -0.2) is 21.4 Å². The van der Waals surface area contributed by atoms with Crippen LogP contribution < -0.4 is 10.0 Å². The molecule has 0 saturated carbocycles. The molecule has 0 saturated heterocycles. The number of nitrogens with one attached hydrogen (secondary N) is 2. The van der Waals surface area contributed by atoms with Crippen molar-refractivity contribution in [3.05, 3.63) is 59.4 Å². The summed E-state index contributed by atoms with van der Waals surface area (Å²) < 4.78 is 39.1. The number of carbonyl (C=O) groups excluding carboxylic acids is 1. The van der Waals surface area contributed by atoms with Gasteiger partial charge in [-0.15, -0.1) is 0 Å². The predicted molar refractivity (Wildman–Crippen MR) is 85.6 cm³/mol. The molecular weight excluding hydrogens is 319 g/mol. The summed E-state index contributed by atoms with van der Waals surface area (Å²) in [7, 11) is -2.23. The van der Waals surface area contributed by atoms with Gasteiger partial charge in [-0.2, -0.15) is 0 Å². The number of fused-ring (bicyclic) bond motifs is 1. The lowest BCUT2D eigenvalue weighted by molar-refractivity contribution is -0.110. The minimum atomic E-state index is -3.56. The molecule has 0 atom stereocenters. The van der Waals surface area contributed by atoms with Gasteiger partial charge in [-0.05, 0) is 49.0 Å². The third-order valence-corrected chi connectivity index (χ3v) is 4.92. The zero-order valence-electron chi connectivity index (χ0n) is 12.1. The molecule has 0 aliphatic carbocycles. The van der Waals surface area contributed by atoms with Gasteiger partial charge in [-0.25, -0.2) is 17.5 Å². The standard InChI is InChI=1S/C16H13FN2O3S/c1-18-23(21,22)12-4-2-3-10(7-12)8-14-13-6-5-11(17)9-15(13)19-16(14)20/h2-9,18H,1H3,(H,19,20)/b14-8+. The molecule has 0 bridgehead atoms. The van der Waals surface area contributed by atoms with Gasteiger partial charge in [0.1, 0.15) is 5.82 Å². The Morgan fingerprint density at radius 3 is 2.70 bits per heavy atom. The van der Waals surface area contributed by atoms with Crippen LogP contribution in [0.3, 0.4) is 0 Å². The molecule has 0 fully saturated rings. The van der Waals surface area contributed by atoms with Crippen molar-refractivity contribution in [2.45, 2.75) is 4.90 Å². The second kappa shape index (κ2) is 5.60. The molecule has 1 heterocycles. The van der Waals surface area contributed by atoms with E-state index in [1.165, 1.54) is 37.4 Å². The molecule has 0 spiro atoms. The molecule has 0 aromatic heterocycles. The van der Waals surface area contributed by atoms with E-state index < -0.39 is 15.8 Å². The minimum Gasteiger partial charge on any atom is -0.321 e. The third-order valence-electron chi connectivity index (χ3n) is 3.51. The Morgan fingerprint density at radius 2 is 1.96 bits per heavy atom. The third kappa shape index (κ3) is 2.88. The molecule has 3 rings (SSSR count). The van der Waals surface area contributed by atoms with Gasteiger partial charge < -0.3 is 5.32 Å². The lowest BCUT2D eigenvalue weighted by Crippen LogP contribution is -2.18. The predicted octanol–water partition coefficient (Wildman–Crippen LogP) is 2.23. The van der Waals surface area contributed by atoms with Crippen LogP contribution >= 0.6 is 0 Å². The lowest BCUT2D eigenvalue weighted by Gasteiger charge is -2.04. The number of carbonyl (C=O) groups is 1. The molecule has 2 aromatic carbocycles. The molecule has 5 nitrogen and oxygen atoms in total. The summed E-state index contributed by atoms with van der Waals surface area (Å²) in [5.41, 5.74) is 1.90. The second-order valence-electron chi connectivity index (χ2n) is 4.98. The number of sulfonamides is 1. The van der Waals surface area contributed by atoms with E-state index in [0.29, 0.717) is 22.4 Å². The average Bonchev–Trinajstić information content (AvgIpc) is 2.82. The van der Waals surface area contributed by atoms with Gasteiger partial charge in [0.25, 0.3) is 5.91 Å². The number of hydrogen-bond acceptors (Lipinski definition) is 3. The number of rotatable bonds is 3. The highest BCUT2D eigenvalue weighted by atomic mass is 32.2. The summed E-state index contributed by atoms with van der Waals surface area (Å²) in [5.74, 6) is -0.792. The van der Waals surface area contributed by atoms with Gasteiger partial charge in [0.15, 0.2) is 0 Å². The van der Waals surface area contributed by atoms with Crippen LogP contribution in [0, 0.1) is 5.82 Å². The van der Waals surface area contributed by atoms with Crippen molar-refractivity contribution in [2.75, 3.05) is 12.4 Å². The van der Waals surface area contributed by atoms with Crippen LogP contribution in [-0.2, 0) is 14.8 Å². The highest BCUT2D eigenvalue weighted by Gasteiger charge is 2.24. The quantitative estimate of drug-likeness (QED) is 0.847. The maximum atomic E-state index is 13.2. The smallest absolute Gasteiger partial charge is 0.256 e. The summed E-state index contributed by atoms with van der Waals surface area (Å²) in [5, 5.41) is 2.59. The van der Waals surface area contributed by atoms with E-state index >= 15 is 0 Å². The van der Waals surface area contributed by atoms with Crippen LogP contribution in [0.15, 0.2) is 47.4 Å². The van der Waals surface area contributed by atoms with Gasteiger partial charge in [0.05, 0.1) is 10.6 Å². The first kappa shape index (κ1) is 15.4. The van der Waals surface area contributed by atoms with Gasteiger partial charge in [0.2, 0.25) is 10.0 Å². The van der Waals surface area contributed by atoms with E-state index in [-0.39, 0.29) is 10.8 Å². The molecular formula is C16H13FN2O3S. The molecule has 118 valence electrons. The van der Waals surface area contributed by atoms with E-state index in [9.17, 15) is 17.6 Å². The van der Waals surface area contributed by atoms with Gasteiger partial charge in [-0.1, -0.05) is 12.1 Å². The molecule has 1 aliphatic rings. The van der Waals surface area contributed by atoms with Crippen LogP contribution in [0.1, 0.15) is 11.1 Å². The summed E-state index contributed by atoms with van der Waals surface area (Å²) in [4.78, 5) is 12.2. The Bertz CT molecular complexity index is 936. The largest absolute Gasteiger partial charge is 0.321 e. The van der Waals surface area contributed by atoms with E-state index in [1.807, 2.05) is 0 Å². The van der Waals surface area contributed by atoms with Crippen LogP contribution in [0.5, 0.6) is 0 Å². The monoisotopic (exact) mass is 332 g/mol. The Kier molecular flexibility index (Phi) is 3.75. The van der Waals surface area contributed by atoms with Gasteiger partial charge in [0, 0.05) is 11.1 Å². The van der Waals surface area contributed by atoms with Crippen LogP contribution in [0.2, 0.25) is 0 Å². The molecule has 23 heavy (non-hydrogen) atoms. The Balaban J connectivity index is 2.07. The average molecular weight is 332 g/mol. The van der Waals surface area contributed by atoms with E-state index in [2.05, 4.69) is 10.0 Å². The Morgan fingerprint density at radius 1 is 1.17 bits per heavy atom. The fourth-order valence-electron chi connectivity index (χ4n) is 2.37. The highest BCUT2D eigenvalue weighted by Crippen LogP contribution is 2.33. The number of benzene rings is 2. The van der Waals surface area contributed by atoms with Crippen molar-refractivity contribution >= 4 is 33.3 Å². The molecule has 0 unspecified atom stereocenters. The molecule has 7 heteroatoms. The van der Waals surface area contributed by atoms with Crippen molar-refractivity contribution in [1.82, 2.24) is 4.72 Å². The van der Waals surface area contributed by atoms with Crippen molar-refractivity contribution in [3.8, 4) is 0 Å². The molecule has 2 N–H and O–H groups in total. The highest BCUT2D eigenvalue weighted by molar-refractivity contribution is 7.89. The van der Waals surface area contributed by atoms with E-state index in [0.717, 1.165) is 0 Å². The summed E-state index contributed by atoms with van der Waals surface area (Å²) in [6.45, 7) is 0. The first-order valence-corrected chi connectivity index (χ1v) is 8.25. The Labute approximate surface area is 132 Å². The van der Waals surface area contributed by atoms with Crippen molar-refractivity contribution in [2.24, 2.45) is 0 Å². The molecule has 2 aromatic rings. The van der Waals surface area contributed by atoms with E-state index in [1.54, 1.807) is 18.2 Å². The SMILES string of the molecule is CNS(=O)(=O)c1cccc(/C=C2/C(=O)Nc3cc(F)ccc32)c1. The fourth-order valence-corrected chi connectivity index (χ4v) is 3.15. The number of hydrogen-bond donors (Lipinski definition) is 2. The topological polar surface area (TPSA) is 75.3 Å². The van der Waals surface area contributed by atoms with Crippen molar-refractivity contribution in [3.63, 3.8) is 0 Å². The van der Waals surface area contributed by atoms with E-state index in [4.69, 9.17) is 0 Å². The maximum absolute atomic E-state index is 13.2. The first-order chi connectivity index (χ1) is 10.9. The van der Waals surface area contributed by atoms with Crippen LogP contribution in [0.25, 0.3) is 11.6 Å². The van der Waals surface area contributed by atoms with Crippen molar-refractivity contribution < 1.29 is 17.6 Å². The summed E-state index contributed by atoms with van der Waals surface area (Å²) >= 11 is 0. The summed E-state index contributed by atoms with van der Waals surface area (Å²) in [6.07, 6.45) is 1.58. The van der Waals surface area contributed by atoms with Crippen molar-refractivity contribution in [1.29, 1.82) is 0 Å². The molecule has 1 amide bonds. The lowest BCUT2D eigenvalue weighted by atomic mass is 10.0. The fraction of sp³-hybridized carbons (Fsp3) is 0.0625. The summed E-state index contributed by atoms with van der Waals surface area (Å²) in [6, 6.07) is 10.2. The second-order valence-corrected chi connectivity index (χ2v) is 6.87. The zero-order valence-corrected chi connectivity index (χ0v) is 12.9. The van der Waals surface area contributed by atoms with Crippen LogP contribution in [0.4, 0.5) is 10.1 Å². The Hall–Kier alpha value is -2.51. The number of halogens is 1. The maximum Gasteiger partial charge on any atom is 0.256 e. The minimum absolute atomic E-state index is 0.104. The van der Waals surface area contributed by atoms with Gasteiger partial charge >= 0.3 is 0 Å². The normalized spacial score (nSPS) is 15.6.